The minimum absolute atomic E-state index is 0.0614. The van der Waals surface area contributed by atoms with Gasteiger partial charge in [-0.15, -0.1) is 0 Å². The Morgan fingerprint density at radius 1 is 1.36 bits per heavy atom. The van der Waals surface area contributed by atoms with Crippen molar-refractivity contribution in [2.45, 2.75) is 11.7 Å². The average Bonchev–Trinajstić information content (AvgIpc) is 2.07. The first-order chi connectivity index (χ1) is 4.81. The van der Waals surface area contributed by atoms with Crippen molar-refractivity contribution in [1.82, 2.24) is 0 Å². The van der Waals surface area contributed by atoms with Gasteiger partial charge in [0.25, 0.3) is 0 Å². The second-order valence-corrected chi connectivity index (χ2v) is 6.69. The molecule has 11 heavy (non-hydrogen) atoms. The Kier molecular flexibility index (Phi) is 1.97. The van der Waals surface area contributed by atoms with Crippen molar-refractivity contribution in [2.24, 2.45) is 5.14 Å². The van der Waals surface area contributed by atoms with Crippen LogP contribution in [0.3, 0.4) is 0 Å². The summed E-state index contributed by atoms with van der Waals surface area (Å²) in [6.07, 6.45) is 0.140. The molecule has 0 aromatic carbocycles. The van der Waals surface area contributed by atoms with E-state index in [2.05, 4.69) is 0 Å². The maximum atomic E-state index is 10.8. The Hall–Kier alpha value is -0.140. The van der Waals surface area contributed by atoms with Gasteiger partial charge in [0.15, 0.2) is 9.84 Å². The standard InChI is InChI=1S/C4H9NO4S2/c5-11(8,9)4-1-2-10(6,7)3-4/h4H,1-3H2,(H2,5,8,9). The number of hydrogen-bond acceptors (Lipinski definition) is 4. The predicted octanol–water partition coefficient (Wildman–Crippen LogP) is -1.54. The lowest BCUT2D eigenvalue weighted by Crippen LogP contribution is -2.29. The third kappa shape index (κ3) is 2.14. The van der Waals surface area contributed by atoms with E-state index in [4.69, 9.17) is 5.14 Å². The molecule has 1 heterocycles. The molecule has 1 rings (SSSR count). The van der Waals surface area contributed by atoms with Crippen molar-refractivity contribution in [2.75, 3.05) is 11.5 Å². The van der Waals surface area contributed by atoms with E-state index in [0.29, 0.717) is 0 Å². The lowest BCUT2D eigenvalue weighted by Gasteiger charge is -2.01. The van der Waals surface area contributed by atoms with Gasteiger partial charge < -0.3 is 0 Å². The molecule has 0 saturated carbocycles. The van der Waals surface area contributed by atoms with Gasteiger partial charge in [-0.1, -0.05) is 0 Å². The molecule has 1 unspecified atom stereocenters. The highest BCUT2D eigenvalue weighted by Crippen LogP contribution is 2.16. The summed E-state index contributed by atoms with van der Waals surface area (Å²) in [6, 6.07) is 0. The number of rotatable bonds is 1. The van der Waals surface area contributed by atoms with Gasteiger partial charge in [-0.2, -0.15) is 0 Å². The molecule has 0 aromatic heterocycles. The van der Waals surface area contributed by atoms with Crippen LogP contribution >= 0.6 is 0 Å². The van der Waals surface area contributed by atoms with Crippen LogP contribution in [0.1, 0.15) is 6.42 Å². The summed E-state index contributed by atoms with van der Waals surface area (Å²) < 4.78 is 42.8. The molecule has 0 spiro atoms. The molecule has 1 aliphatic heterocycles. The second-order valence-electron chi connectivity index (χ2n) is 2.61. The normalized spacial score (nSPS) is 30.5. The Bertz CT molecular complexity index is 340. The zero-order chi connectivity index (χ0) is 8.70. The van der Waals surface area contributed by atoms with Crippen LogP contribution in [0, 0.1) is 0 Å². The van der Waals surface area contributed by atoms with E-state index >= 15 is 0 Å². The lowest BCUT2D eigenvalue weighted by molar-refractivity contribution is 0.584. The molecular weight excluding hydrogens is 190 g/mol. The van der Waals surface area contributed by atoms with E-state index < -0.39 is 25.1 Å². The summed E-state index contributed by atoms with van der Waals surface area (Å²) in [4.78, 5) is 0. The van der Waals surface area contributed by atoms with Crippen molar-refractivity contribution >= 4 is 19.9 Å². The van der Waals surface area contributed by atoms with Crippen LogP contribution in [0.5, 0.6) is 0 Å². The van der Waals surface area contributed by atoms with E-state index in [9.17, 15) is 16.8 Å². The lowest BCUT2D eigenvalue weighted by atomic mass is 10.4. The van der Waals surface area contributed by atoms with Gasteiger partial charge in [-0.25, -0.2) is 22.0 Å². The monoisotopic (exact) mass is 199 g/mol. The molecular formula is C4H9NO4S2. The molecule has 1 atom stereocenters. The highest BCUT2D eigenvalue weighted by Gasteiger charge is 2.34. The summed E-state index contributed by atoms with van der Waals surface area (Å²) in [5, 5.41) is 3.89. The molecule has 66 valence electrons. The maximum Gasteiger partial charge on any atom is 0.213 e. The summed E-state index contributed by atoms with van der Waals surface area (Å²) in [5.41, 5.74) is 0. The van der Waals surface area contributed by atoms with E-state index in [0.717, 1.165) is 0 Å². The van der Waals surface area contributed by atoms with Gasteiger partial charge in [0, 0.05) is 0 Å². The SMILES string of the molecule is NS(=O)(=O)C1CCS(=O)(=O)C1. The Morgan fingerprint density at radius 3 is 2.09 bits per heavy atom. The van der Waals surface area contributed by atoms with Crippen LogP contribution in [0.25, 0.3) is 0 Å². The first-order valence-electron chi connectivity index (χ1n) is 3.03. The minimum atomic E-state index is -3.65. The smallest absolute Gasteiger partial charge is 0.213 e. The van der Waals surface area contributed by atoms with Crippen molar-refractivity contribution in [3.63, 3.8) is 0 Å². The number of hydrogen-bond donors (Lipinski definition) is 1. The van der Waals surface area contributed by atoms with Crippen molar-refractivity contribution < 1.29 is 16.8 Å². The molecule has 0 bridgehead atoms. The van der Waals surface area contributed by atoms with Crippen LogP contribution in [0.4, 0.5) is 0 Å². The van der Waals surface area contributed by atoms with E-state index in [1.165, 1.54) is 0 Å². The highest BCUT2D eigenvalue weighted by atomic mass is 32.2. The van der Waals surface area contributed by atoms with Crippen LogP contribution in [0.2, 0.25) is 0 Å². The third-order valence-electron chi connectivity index (χ3n) is 1.66. The molecule has 1 fully saturated rings. The zero-order valence-electron chi connectivity index (χ0n) is 5.73. The van der Waals surface area contributed by atoms with Crippen LogP contribution in [-0.2, 0) is 19.9 Å². The summed E-state index contributed by atoms with van der Waals surface area (Å²) in [7, 11) is -6.79. The molecule has 0 amide bonds. The van der Waals surface area contributed by atoms with Crippen LogP contribution in [0.15, 0.2) is 0 Å². The first-order valence-corrected chi connectivity index (χ1v) is 6.46. The van der Waals surface area contributed by atoms with Gasteiger partial charge in [0.05, 0.1) is 16.8 Å². The van der Waals surface area contributed by atoms with Gasteiger partial charge in [-0.3, -0.25) is 0 Å². The van der Waals surface area contributed by atoms with E-state index in [1.807, 2.05) is 0 Å². The Balaban J connectivity index is 2.87. The molecule has 1 aliphatic rings. The highest BCUT2D eigenvalue weighted by molar-refractivity contribution is 7.95. The quantitative estimate of drug-likeness (QED) is 0.554. The van der Waals surface area contributed by atoms with E-state index in [-0.39, 0.29) is 17.9 Å². The molecule has 1 saturated heterocycles. The minimum Gasteiger partial charge on any atom is -0.229 e. The number of nitrogens with two attached hydrogens (primary N) is 1. The number of primary sulfonamides is 1. The zero-order valence-corrected chi connectivity index (χ0v) is 7.36. The van der Waals surface area contributed by atoms with Gasteiger partial charge >= 0.3 is 0 Å². The fourth-order valence-electron chi connectivity index (χ4n) is 1.02. The van der Waals surface area contributed by atoms with E-state index in [1.54, 1.807) is 0 Å². The number of sulfone groups is 1. The summed E-state index contributed by atoms with van der Waals surface area (Å²) in [5.74, 6) is -0.375. The fourth-order valence-corrected chi connectivity index (χ4v) is 4.54. The predicted molar refractivity (Wildman–Crippen MR) is 40.2 cm³/mol. The van der Waals surface area contributed by atoms with Gasteiger partial charge in [0.1, 0.15) is 0 Å². The van der Waals surface area contributed by atoms with Crippen molar-refractivity contribution in [3.05, 3.63) is 0 Å². The molecule has 2 N–H and O–H groups in total. The van der Waals surface area contributed by atoms with Crippen molar-refractivity contribution in [1.29, 1.82) is 0 Å². The average molecular weight is 199 g/mol. The molecule has 0 radical (unpaired) electrons. The molecule has 0 aliphatic carbocycles. The summed E-state index contributed by atoms with van der Waals surface area (Å²) in [6.45, 7) is 0. The molecule has 7 heteroatoms. The molecule has 5 nitrogen and oxygen atoms in total. The van der Waals surface area contributed by atoms with Crippen LogP contribution < -0.4 is 5.14 Å². The maximum absolute atomic E-state index is 10.8. The van der Waals surface area contributed by atoms with Crippen LogP contribution in [-0.4, -0.2) is 33.6 Å². The largest absolute Gasteiger partial charge is 0.229 e. The fraction of sp³-hybridized carbons (Fsp3) is 1.00. The van der Waals surface area contributed by atoms with Gasteiger partial charge in [0.2, 0.25) is 10.0 Å². The van der Waals surface area contributed by atoms with Crippen molar-refractivity contribution in [3.8, 4) is 0 Å². The Morgan fingerprint density at radius 2 is 1.91 bits per heavy atom. The Labute approximate surface area is 65.6 Å². The molecule has 0 aromatic rings. The summed E-state index contributed by atoms with van der Waals surface area (Å²) >= 11 is 0. The third-order valence-corrected chi connectivity index (χ3v) is 4.97. The second kappa shape index (κ2) is 2.43. The number of sulfonamides is 1. The first kappa shape index (κ1) is 8.95. The van der Waals surface area contributed by atoms with Gasteiger partial charge in [-0.05, 0) is 6.42 Å². The topological polar surface area (TPSA) is 94.3 Å².